The molecule has 0 amide bonds. The van der Waals surface area contributed by atoms with Gasteiger partial charge in [0.2, 0.25) is 0 Å². The Labute approximate surface area is 175 Å². The van der Waals surface area contributed by atoms with Crippen LogP contribution < -0.4 is 0 Å². The molecule has 3 nitrogen and oxygen atoms in total. The highest BCUT2D eigenvalue weighted by Crippen LogP contribution is 2.27. The lowest BCUT2D eigenvalue weighted by atomic mass is 9.83. The van der Waals surface area contributed by atoms with Crippen LogP contribution in [0.4, 0.5) is 0 Å². The molecule has 0 saturated carbocycles. The monoisotopic (exact) mass is 387 g/mol. The van der Waals surface area contributed by atoms with Crippen molar-refractivity contribution < 1.29 is 0 Å². The van der Waals surface area contributed by atoms with Gasteiger partial charge in [-0.25, -0.2) is 0 Å². The van der Waals surface area contributed by atoms with E-state index in [2.05, 4.69) is 85.0 Å². The number of pyridine rings is 2. The number of hydrogen-bond donors (Lipinski definition) is 0. The highest BCUT2D eigenvalue weighted by molar-refractivity contribution is 5.35. The summed E-state index contributed by atoms with van der Waals surface area (Å²) in [5.41, 5.74) is 6.66. The maximum absolute atomic E-state index is 4.51. The molecule has 0 N–H and O–H groups in total. The van der Waals surface area contributed by atoms with Crippen LogP contribution in [0.15, 0.2) is 67.0 Å². The number of hydrogen-bond acceptors (Lipinski definition) is 3. The fraction of sp³-hybridized carbons (Fsp3) is 0.385. The van der Waals surface area contributed by atoms with E-state index in [1.165, 1.54) is 16.7 Å². The van der Waals surface area contributed by atoms with Crippen LogP contribution in [0.3, 0.4) is 0 Å². The van der Waals surface area contributed by atoms with Crippen LogP contribution >= 0.6 is 0 Å². The van der Waals surface area contributed by atoms with E-state index in [0.717, 1.165) is 43.9 Å². The Morgan fingerprint density at radius 1 is 0.828 bits per heavy atom. The van der Waals surface area contributed by atoms with Crippen molar-refractivity contribution in [1.82, 2.24) is 14.9 Å². The lowest BCUT2D eigenvalue weighted by Crippen LogP contribution is -2.25. The van der Waals surface area contributed by atoms with Gasteiger partial charge in [0.15, 0.2) is 0 Å². The number of rotatable bonds is 8. The maximum atomic E-state index is 4.51. The van der Waals surface area contributed by atoms with Crippen LogP contribution in [0.1, 0.15) is 55.3 Å². The number of aromatic nitrogens is 2. The molecule has 0 saturated heterocycles. The molecule has 2 aromatic heterocycles. The lowest BCUT2D eigenvalue weighted by molar-refractivity contribution is 0.247. The van der Waals surface area contributed by atoms with E-state index < -0.39 is 0 Å². The summed E-state index contributed by atoms with van der Waals surface area (Å²) in [5, 5.41) is 0. The van der Waals surface area contributed by atoms with Gasteiger partial charge in [-0.15, -0.1) is 0 Å². The van der Waals surface area contributed by atoms with Crippen molar-refractivity contribution in [1.29, 1.82) is 0 Å². The van der Waals surface area contributed by atoms with Gasteiger partial charge in [-0.3, -0.25) is 14.9 Å². The first-order chi connectivity index (χ1) is 13.9. The minimum Gasteiger partial charge on any atom is -0.292 e. The highest BCUT2D eigenvalue weighted by Gasteiger charge is 2.16. The second kappa shape index (κ2) is 9.80. The second-order valence-corrected chi connectivity index (χ2v) is 8.86. The van der Waals surface area contributed by atoms with Crippen LogP contribution in [0, 0.1) is 6.92 Å². The van der Waals surface area contributed by atoms with Gasteiger partial charge < -0.3 is 0 Å². The fourth-order valence-electron chi connectivity index (χ4n) is 3.79. The van der Waals surface area contributed by atoms with Gasteiger partial charge in [0.25, 0.3) is 0 Å². The van der Waals surface area contributed by atoms with Crippen molar-refractivity contribution in [2.45, 2.75) is 59.0 Å². The zero-order valence-corrected chi connectivity index (χ0v) is 18.2. The first-order valence-electron chi connectivity index (χ1n) is 10.5. The molecule has 3 rings (SSSR count). The highest BCUT2D eigenvalue weighted by atomic mass is 15.1. The van der Waals surface area contributed by atoms with Gasteiger partial charge in [0.05, 0.1) is 11.4 Å². The van der Waals surface area contributed by atoms with Gasteiger partial charge in [0.1, 0.15) is 0 Å². The predicted octanol–water partition coefficient (Wildman–Crippen LogP) is 5.72. The molecular weight excluding hydrogens is 354 g/mol. The van der Waals surface area contributed by atoms with Crippen LogP contribution in [-0.2, 0) is 24.9 Å². The first kappa shape index (κ1) is 21.2. The minimum absolute atomic E-state index is 0.185. The molecule has 152 valence electrons. The summed E-state index contributed by atoms with van der Waals surface area (Å²) in [4.78, 5) is 11.5. The maximum Gasteiger partial charge on any atom is 0.0544 e. The number of nitrogens with zero attached hydrogens (tertiary/aromatic N) is 3. The molecule has 0 unspecified atom stereocenters. The van der Waals surface area contributed by atoms with Gasteiger partial charge >= 0.3 is 0 Å². The molecule has 2 heterocycles. The molecule has 0 radical (unpaired) electrons. The molecule has 1 aromatic carbocycles. The third-order valence-corrected chi connectivity index (χ3v) is 5.27. The van der Waals surface area contributed by atoms with Crippen molar-refractivity contribution in [3.8, 4) is 0 Å². The van der Waals surface area contributed by atoms with Gasteiger partial charge in [-0.2, -0.15) is 0 Å². The Bertz CT molecular complexity index is 841. The zero-order valence-electron chi connectivity index (χ0n) is 18.2. The number of aryl methyl sites for hydroxylation is 2. The average molecular weight is 388 g/mol. The summed E-state index contributed by atoms with van der Waals surface area (Å²) in [6.45, 7) is 11.8. The summed E-state index contributed by atoms with van der Waals surface area (Å²) in [6.07, 6.45) is 5.94. The Morgan fingerprint density at radius 2 is 1.45 bits per heavy atom. The van der Waals surface area contributed by atoms with Crippen molar-refractivity contribution in [2.75, 3.05) is 6.54 Å². The molecule has 3 aromatic rings. The topological polar surface area (TPSA) is 29.0 Å². The molecule has 0 spiro atoms. The van der Waals surface area contributed by atoms with E-state index in [1.807, 2.05) is 24.5 Å². The SMILES string of the molecule is Cc1ccc(CCCN(Cc2ccccn2)Cc2ccccn2)cc1C(C)(C)C. The van der Waals surface area contributed by atoms with Gasteiger partial charge in [0, 0.05) is 25.5 Å². The lowest BCUT2D eigenvalue weighted by Gasteiger charge is -2.23. The van der Waals surface area contributed by atoms with Crippen molar-refractivity contribution in [3.63, 3.8) is 0 Å². The molecule has 0 fully saturated rings. The zero-order chi connectivity index (χ0) is 20.7. The fourth-order valence-corrected chi connectivity index (χ4v) is 3.79. The molecule has 0 aliphatic carbocycles. The molecule has 3 heteroatoms. The predicted molar refractivity (Wildman–Crippen MR) is 121 cm³/mol. The summed E-state index contributed by atoms with van der Waals surface area (Å²) in [6, 6.07) is 19.2. The van der Waals surface area contributed by atoms with Crippen molar-refractivity contribution >= 4 is 0 Å². The van der Waals surface area contributed by atoms with E-state index in [-0.39, 0.29) is 5.41 Å². The molecule has 0 aliphatic rings. The smallest absolute Gasteiger partial charge is 0.0544 e. The minimum atomic E-state index is 0.185. The van der Waals surface area contributed by atoms with Crippen LogP contribution in [0.2, 0.25) is 0 Å². The average Bonchev–Trinajstić information content (AvgIpc) is 2.70. The van der Waals surface area contributed by atoms with Crippen LogP contribution in [-0.4, -0.2) is 21.4 Å². The normalized spacial score (nSPS) is 11.8. The Kier molecular flexibility index (Phi) is 7.16. The third-order valence-electron chi connectivity index (χ3n) is 5.27. The molecule has 29 heavy (non-hydrogen) atoms. The molecular formula is C26H33N3. The van der Waals surface area contributed by atoms with E-state index in [1.54, 1.807) is 0 Å². The van der Waals surface area contributed by atoms with E-state index in [0.29, 0.717) is 0 Å². The first-order valence-corrected chi connectivity index (χ1v) is 10.5. The van der Waals surface area contributed by atoms with Crippen LogP contribution in [0.5, 0.6) is 0 Å². The Balaban J connectivity index is 1.65. The standard InChI is InChI=1S/C26H33N3/c1-21-13-14-22(18-25(21)26(2,3)4)10-9-17-29(19-23-11-5-7-15-27-23)20-24-12-6-8-16-28-24/h5-8,11-16,18H,9-10,17,19-20H2,1-4H3. The van der Waals surface area contributed by atoms with Gasteiger partial charge in [-0.1, -0.05) is 51.1 Å². The van der Waals surface area contributed by atoms with Crippen molar-refractivity contribution in [3.05, 3.63) is 95.1 Å². The molecule has 0 bridgehead atoms. The van der Waals surface area contributed by atoms with Gasteiger partial charge in [-0.05, 0) is 72.7 Å². The van der Waals surface area contributed by atoms with E-state index in [4.69, 9.17) is 0 Å². The quantitative estimate of drug-likeness (QED) is 0.495. The van der Waals surface area contributed by atoms with E-state index >= 15 is 0 Å². The third kappa shape index (κ3) is 6.50. The van der Waals surface area contributed by atoms with E-state index in [9.17, 15) is 0 Å². The van der Waals surface area contributed by atoms with Crippen molar-refractivity contribution in [2.24, 2.45) is 0 Å². The summed E-state index contributed by atoms with van der Waals surface area (Å²) < 4.78 is 0. The summed E-state index contributed by atoms with van der Waals surface area (Å²) >= 11 is 0. The molecule has 0 atom stereocenters. The summed E-state index contributed by atoms with van der Waals surface area (Å²) in [5.74, 6) is 0. The Morgan fingerprint density at radius 3 is 1.97 bits per heavy atom. The number of benzene rings is 1. The Hall–Kier alpha value is -2.52. The second-order valence-electron chi connectivity index (χ2n) is 8.86. The van der Waals surface area contributed by atoms with Crippen LogP contribution in [0.25, 0.3) is 0 Å². The summed E-state index contributed by atoms with van der Waals surface area (Å²) in [7, 11) is 0. The molecule has 0 aliphatic heterocycles. The largest absolute Gasteiger partial charge is 0.292 e.